The number of fused-ring (bicyclic) bond motifs is 4. The Balaban J connectivity index is 1.54. The molecule has 7 heteroatoms. The maximum Gasteiger partial charge on any atom is 0.265 e. The molecule has 0 aliphatic carbocycles. The number of rotatable bonds is 5. The summed E-state index contributed by atoms with van der Waals surface area (Å²) in [5.74, 6) is 0. The molecule has 0 atom stereocenters. The lowest BCUT2D eigenvalue weighted by Crippen LogP contribution is -2.21. The summed E-state index contributed by atoms with van der Waals surface area (Å²) in [6, 6.07) is 25.8. The lowest BCUT2D eigenvalue weighted by Gasteiger charge is -2.05. The Hall–Kier alpha value is -4.65. The highest BCUT2D eigenvalue weighted by Crippen LogP contribution is 2.25. The van der Waals surface area contributed by atoms with Gasteiger partial charge in [0.15, 0.2) is 11.3 Å². The minimum Gasteiger partial charge on any atom is -0.298 e. The van der Waals surface area contributed by atoms with Crippen LogP contribution in [0.5, 0.6) is 0 Å². The number of aromatic nitrogens is 5. The van der Waals surface area contributed by atoms with E-state index in [4.69, 9.17) is 9.97 Å². The van der Waals surface area contributed by atoms with Crippen molar-refractivity contribution in [3.63, 3.8) is 0 Å². The molecule has 0 saturated heterocycles. The molecule has 0 unspecified atom stereocenters. The smallest absolute Gasteiger partial charge is 0.265 e. The van der Waals surface area contributed by atoms with Gasteiger partial charge in [-0.2, -0.15) is 9.78 Å². The molecule has 0 fully saturated rings. The number of hydrogen-bond donors (Lipinski definition) is 0. The Bertz CT molecular complexity index is 1780. The minimum absolute atomic E-state index is 0.148. The normalized spacial score (nSPS) is 11.8. The summed E-state index contributed by atoms with van der Waals surface area (Å²) in [5, 5.41) is 5.11. The summed E-state index contributed by atoms with van der Waals surface area (Å²) >= 11 is 0. The Morgan fingerprint density at radius 2 is 1.66 bits per heavy atom. The van der Waals surface area contributed by atoms with Crippen LogP contribution in [0.4, 0.5) is 0 Å². The van der Waals surface area contributed by atoms with E-state index in [0.717, 1.165) is 34.1 Å². The van der Waals surface area contributed by atoms with Crippen molar-refractivity contribution < 1.29 is 0 Å². The van der Waals surface area contributed by atoms with Crippen molar-refractivity contribution in [3.8, 4) is 0 Å². The standard InChI is InChI=1S/C28H22N6O/c1-19-8-7-11-21(16-19)17-30-34-26-24(25-27(34)32-23-13-6-5-12-22(23)31-25)28(35)33(18-29-26)15-14-20-9-3-2-4-10-20/h2-13,16-18H,14-15H2,1H3. The molecular formula is C28H22N6O. The van der Waals surface area contributed by atoms with Crippen LogP contribution in [0.2, 0.25) is 0 Å². The summed E-state index contributed by atoms with van der Waals surface area (Å²) in [6.07, 6.45) is 4.07. The number of aryl methyl sites for hydroxylation is 3. The van der Waals surface area contributed by atoms with Gasteiger partial charge in [-0.05, 0) is 36.6 Å². The molecule has 0 aliphatic heterocycles. The first kappa shape index (κ1) is 20.9. The zero-order valence-electron chi connectivity index (χ0n) is 19.2. The van der Waals surface area contributed by atoms with E-state index >= 15 is 0 Å². The van der Waals surface area contributed by atoms with E-state index in [0.29, 0.717) is 28.7 Å². The van der Waals surface area contributed by atoms with Crippen LogP contribution < -0.4 is 5.56 Å². The zero-order chi connectivity index (χ0) is 23.8. The summed E-state index contributed by atoms with van der Waals surface area (Å²) < 4.78 is 3.26. The molecule has 0 saturated carbocycles. The molecule has 0 bridgehead atoms. The van der Waals surface area contributed by atoms with Gasteiger partial charge in [-0.25, -0.2) is 15.0 Å². The van der Waals surface area contributed by atoms with Gasteiger partial charge in [0.1, 0.15) is 10.9 Å². The van der Waals surface area contributed by atoms with Crippen LogP contribution >= 0.6 is 0 Å². The lowest BCUT2D eigenvalue weighted by atomic mass is 10.1. The molecule has 0 amide bonds. The second-order valence-corrected chi connectivity index (χ2v) is 8.53. The average Bonchev–Trinajstić information content (AvgIpc) is 3.19. The van der Waals surface area contributed by atoms with E-state index in [1.165, 1.54) is 0 Å². The highest BCUT2D eigenvalue weighted by Gasteiger charge is 2.19. The van der Waals surface area contributed by atoms with Gasteiger partial charge in [0, 0.05) is 6.54 Å². The Morgan fingerprint density at radius 3 is 2.46 bits per heavy atom. The molecule has 0 aliphatic rings. The monoisotopic (exact) mass is 458 g/mol. The Kier molecular flexibility index (Phi) is 5.15. The van der Waals surface area contributed by atoms with Crippen molar-refractivity contribution in [2.75, 3.05) is 0 Å². The summed E-state index contributed by atoms with van der Waals surface area (Å²) in [4.78, 5) is 27.9. The SMILES string of the molecule is Cc1cccc(C=Nn2c3nc4ccccc4nc3c3c(=O)n(CCc4ccccc4)cnc32)c1. The third kappa shape index (κ3) is 3.87. The molecular weight excluding hydrogens is 436 g/mol. The molecule has 0 spiro atoms. The van der Waals surface area contributed by atoms with Crippen molar-refractivity contribution in [3.05, 3.63) is 112 Å². The van der Waals surface area contributed by atoms with Crippen molar-refractivity contribution in [2.45, 2.75) is 19.9 Å². The first-order chi connectivity index (χ1) is 17.2. The lowest BCUT2D eigenvalue weighted by molar-refractivity contribution is 0.661. The van der Waals surface area contributed by atoms with Crippen LogP contribution in [0, 0.1) is 6.92 Å². The average molecular weight is 459 g/mol. The van der Waals surface area contributed by atoms with Gasteiger partial charge < -0.3 is 0 Å². The largest absolute Gasteiger partial charge is 0.298 e. The maximum atomic E-state index is 13.6. The van der Waals surface area contributed by atoms with Crippen molar-refractivity contribution in [1.29, 1.82) is 0 Å². The third-order valence-corrected chi connectivity index (χ3v) is 6.06. The molecule has 170 valence electrons. The van der Waals surface area contributed by atoms with Crippen molar-refractivity contribution in [1.82, 2.24) is 24.2 Å². The second-order valence-electron chi connectivity index (χ2n) is 8.53. The molecule has 6 aromatic rings. The van der Waals surface area contributed by atoms with Gasteiger partial charge in [-0.15, -0.1) is 0 Å². The first-order valence-corrected chi connectivity index (χ1v) is 11.5. The van der Waals surface area contributed by atoms with Crippen LogP contribution in [0.15, 0.2) is 95.1 Å². The topological polar surface area (TPSA) is 78.0 Å². The van der Waals surface area contributed by atoms with E-state index in [9.17, 15) is 4.79 Å². The maximum absolute atomic E-state index is 13.6. The minimum atomic E-state index is -0.148. The number of benzene rings is 3. The number of hydrogen-bond acceptors (Lipinski definition) is 5. The highest BCUT2D eigenvalue weighted by atomic mass is 16.1. The van der Waals surface area contributed by atoms with Gasteiger partial charge in [-0.3, -0.25) is 9.36 Å². The fourth-order valence-electron chi connectivity index (χ4n) is 4.29. The van der Waals surface area contributed by atoms with Crippen molar-refractivity contribution >= 4 is 39.4 Å². The van der Waals surface area contributed by atoms with Crippen LogP contribution in [0.1, 0.15) is 16.7 Å². The van der Waals surface area contributed by atoms with E-state index in [1.807, 2.05) is 73.7 Å². The quantitative estimate of drug-likeness (QED) is 0.350. The van der Waals surface area contributed by atoms with Gasteiger partial charge in [0.25, 0.3) is 5.56 Å². The van der Waals surface area contributed by atoms with Gasteiger partial charge in [0.2, 0.25) is 0 Å². The molecule has 6 rings (SSSR count). The van der Waals surface area contributed by atoms with E-state index in [2.05, 4.69) is 22.2 Å². The molecule has 0 N–H and O–H groups in total. The second kappa shape index (κ2) is 8.61. The van der Waals surface area contributed by atoms with E-state index < -0.39 is 0 Å². The van der Waals surface area contributed by atoms with Crippen molar-refractivity contribution in [2.24, 2.45) is 5.10 Å². The fourth-order valence-corrected chi connectivity index (χ4v) is 4.29. The Morgan fingerprint density at radius 1 is 0.886 bits per heavy atom. The van der Waals surface area contributed by atoms with Crippen LogP contribution in [0.3, 0.4) is 0 Å². The molecule has 3 heterocycles. The summed E-state index contributed by atoms with van der Waals surface area (Å²) in [5.41, 5.74) is 6.02. The van der Waals surface area contributed by atoms with E-state index in [-0.39, 0.29) is 5.56 Å². The molecule has 7 nitrogen and oxygen atoms in total. The predicted octanol–water partition coefficient (Wildman–Crippen LogP) is 4.73. The van der Waals surface area contributed by atoms with Crippen LogP contribution in [-0.2, 0) is 13.0 Å². The van der Waals surface area contributed by atoms with E-state index in [1.54, 1.807) is 21.8 Å². The molecule has 3 aromatic carbocycles. The fraction of sp³-hybridized carbons (Fsp3) is 0.107. The van der Waals surface area contributed by atoms with Gasteiger partial charge in [-0.1, -0.05) is 72.3 Å². The van der Waals surface area contributed by atoms with Gasteiger partial charge in [0.05, 0.1) is 23.6 Å². The predicted molar refractivity (Wildman–Crippen MR) is 139 cm³/mol. The summed E-state index contributed by atoms with van der Waals surface area (Å²) in [6.45, 7) is 2.56. The summed E-state index contributed by atoms with van der Waals surface area (Å²) in [7, 11) is 0. The third-order valence-electron chi connectivity index (χ3n) is 6.06. The zero-order valence-corrected chi connectivity index (χ0v) is 19.2. The van der Waals surface area contributed by atoms with Gasteiger partial charge >= 0.3 is 0 Å². The Labute approximate surface area is 201 Å². The first-order valence-electron chi connectivity index (χ1n) is 11.5. The van der Waals surface area contributed by atoms with Crippen LogP contribution in [0.25, 0.3) is 33.2 Å². The number of nitrogens with zero attached hydrogens (tertiary/aromatic N) is 6. The molecule has 0 radical (unpaired) electrons. The van der Waals surface area contributed by atoms with Crippen LogP contribution in [-0.4, -0.2) is 30.4 Å². The molecule has 35 heavy (non-hydrogen) atoms. The molecule has 3 aromatic heterocycles. The number of para-hydroxylation sites is 2. The highest BCUT2D eigenvalue weighted by molar-refractivity contribution is 6.04.